The monoisotopic (exact) mass is 364 g/mol. The van der Waals surface area contributed by atoms with Crippen molar-refractivity contribution >= 4 is 29.0 Å². The molecular formula is C15H17FN6O2S. The zero-order valence-corrected chi connectivity index (χ0v) is 14.3. The molecule has 132 valence electrons. The summed E-state index contributed by atoms with van der Waals surface area (Å²) in [5.41, 5.74) is 1.57. The van der Waals surface area contributed by atoms with Gasteiger partial charge in [0.05, 0.1) is 37.8 Å². The third-order valence-electron chi connectivity index (χ3n) is 3.71. The van der Waals surface area contributed by atoms with Crippen LogP contribution in [0.3, 0.4) is 0 Å². The van der Waals surface area contributed by atoms with Gasteiger partial charge in [-0.15, -0.1) is 5.10 Å². The van der Waals surface area contributed by atoms with E-state index in [2.05, 4.69) is 20.9 Å². The van der Waals surface area contributed by atoms with E-state index in [1.54, 1.807) is 23.2 Å². The summed E-state index contributed by atoms with van der Waals surface area (Å²) in [6, 6.07) is 4.74. The van der Waals surface area contributed by atoms with Gasteiger partial charge >= 0.3 is 0 Å². The van der Waals surface area contributed by atoms with Crippen molar-refractivity contribution in [1.29, 1.82) is 0 Å². The molecule has 2 N–H and O–H groups in total. The summed E-state index contributed by atoms with van der Waals surface area (Å²) in [6.45, 7) is 1.58. The Hall–Kier alpha value is -2.75. The Balaban J connectivity index is 1.73. The molecular weight excluding hydrogens is 347 g/mol. The maximum Gasteiger partial charge on any atom is 0.256 e. The molecule has 1 aromatic carbocycles. The molecule has 2 aromatic rings. The first-order chi connectivity index (χ1) is 12.1. The number of ether oxygens (including phenoxy) is 1. The minimum absolute atomic E-state index is 0.114. The summed E-state index contributed by atoms with van der Waals surface area (Å²) < 4.78 is 20.8. The number of anilines is 1. The Morgan fingerprint density at radius 2 is 2.36 bits per heavy atom. The van der Waals surface area contributed by atoms with Crippen molar-refractivity contribution in [3.8, 4) is 5.69 Å². The number of amides is 1. The SMILES string of the molecule is COC(=S)NCc1cn(-c2ccc(N3CCNC(=O)C3)c(F)c2)nn1. The van der Waals surface area contributed by atoms with Crippen LogP contribution in [0.4, 0.5) is 10.1 Å². The van der Waals surface area contributed by atoms with E-state index in [4.69, 9.17) is 17.0 Å². The van der Waals surface area contributed by atoms with Crippen LogP contribution in [0.1, 0.15) is 5.69 Å². The van der Waals surface area contributed by atoms with Gasteiger partial charge in [-0.05, 0) is 24.4 Å². The van der Waals surface area contributed by atoms with Crippen molar-refractivity contribution in [2.75, 3.05) is 31.6 Å². The molecule has 1 fully saturated rings. The predicted octanol–water partition coefficient (Wildman–Crippen LogP) is 0.363. The molecule has 1 saturated heterocycles. The third kappa shape index (κ3) is 4.02. The number of thiocarbonyl (C=S) groups is 1. The van der Waals surface area contributed by atoms with Gasteiger partial charge in [0.1, 0.15) is 11.5 Å². The lowest BCUT2D eigenvalue weighted by Gasteiger charge is -2.28. The molecule has 0 saturated carbocycles. The number of hydrogen-bond acceptors (Lipinski definition) is 6. The fourth-order valence-corrected chi connectivity index (χ4v) is 2.55. The fourth-order valence-electron chi connectivity index (χ4n) is 2.48. The van der Waals surface area contributed by atoms with E-state index >= 15 is 0 Å². The molecule has 0 spiro atoms. The number of benzene rings is 1. The van der Waals surface area contributed by atoms with Crippen molar-refractivity contribution in [1.82, 2.24) is 25.6 Å². The molecule has 0 unspecified atom stereocenters. The third-order valence-corrected chi connectivity index (χ3v) is 4.03. The Morgan fingerprint density at radius 3 is 3.08 bits per heavy atom. The van der Waals surface area contributed by atoms with E-state index in [0.717, 1.165) is 0 Å². The first-order valence-electron chi connectivity index (χ1n) is 7.61. The number of halogens is 1. The second kappa shape index (κ2) is 7.43. The molecule has 1 aromatic heterocycles. The van der Waals surface area contributed by atoms with Crippen LogP contribution in [-0.2, 0) is 16.1 Å². The van der Waals surface area contributed by atoms with Crippen LogP contribution in [-0.4, -0.2) is 52.8 Å². The predicted molar refractivity (Wildman–Crippen MR) is 93.0 cm³/mol. The Kier molecular flexibility index (Phi) is 5.08. The van der Waals surface area contributed by atoms with Gasteiger partial charge < -0.3 is 20.3 Å². The lowest BCUT2D eigenvalue weighted by Crippen LogP contribution is -2.48. The lowest BCUT2D eigenvalue weighted by atomic mass is 10.2. The van der Waals surface area contributed by atoms with E-state index < -0.39 is 5.82 Å². The highest BCUT2D eigenvalue weighted by atomic mass is 32.1. The zero-order valence-electron chi connectivity index (χ0n) is 13.5. The van der Waals surface area contributed by atoms with Gasteiger partial charge in [0.15, 0.2) is 0 Å². The topological polar surface area (TPSA) is 84.3 Å². The van der Waals surface area contributed by atoms with E-state index in [0.29, 0.717) is 36.7 Å². The summed E-state index contributed by atoms with van der Waals surface area (Å²) in [5.74, 6) is -0.528. The number of aromatic nitrogens is 3. The van der Waals surface area contributed by atoms with E-state index in [1.807, 2.05) is 0 Å². The molecule has 1 aliphatic rings. The number of nitrogens with one attached hydrogen (secondary N) is 2. The van der Waals surface area contributed by atoms with Crippen LogP contribution in [0.25, 0.3) is 5.69 Å². The maximum absolute atomic E-state index is 14.5. The number of carbonyl (C=O) groups excluding carboxylic acids is 1. The van der Waals surface area contributed by atoms with Crippen LogP contribution in [0.15, 0.2) is 24.4 Å². The second-order valence-electron chi connectivity index (χ2n) is 5.41. The van der Waals surface area contributed by atoms with Crippen molar-refractivity contribution in [2.45, 2.75) is 6.54 Å². The first kappa shape index (κ1) is 17.1. The van der Waals surface area contributed by atoms with Crippen LogP contribution < -0.4 is 15.5 Å². The minimum Gasteiger partial charge on any atom is -0.474 e. The highest BCUT2D eigenvalue weighted by Crippen LogP contribution is 2.22. The van der Waals surface area contributed by atoms with Crippen LogP contribution >= 0.6 is 12.2 Å². The lowest BCUT2D eigenvalue weighted by molar-refractivity contribution is -0.120. The second-order valence-corrected chi connectivity index (χ2v) is 5.78. The summed E-state index contributed by atoms with van der Waals surface area (Å²) in [5, 5.41) is 13.8. The average Bonchev–Trinajstić information content (AvgIpc) is 3.08. The normalized spacial score (nSPS) is 14.2. The average molecular weight is 364 g/mol. The number of methoxy groups -OCH3 is 1. The number of hydrogen-bond donors (Lipinski definition) is 2. The quantitative estimate of drug-likeness (QED) is 0.758. The highest BCUT2D eigenvalue weighted by Gasteiger charge is 2.19. The highest BCUT2D eigenvalue weighted by molar-refractivity contribution is 7.80. The zero-order chi connectivity index (χ0) is 17.8. The minimum atomic E-state index is -0.414. The molecule has 0 bridgehead atoms. The summed E-state index contributed by atoms with van der Waals surface area (Å²) in [6.07, 6.45) is 1.67. The largest absolute Gasteiger partial charge is 0.474 e. The number of piperazine rings is 1. The Morgan fingerprint density at radius 1 is 1.52 bits per heavy atom. The summed E-state index contributed by atoms with van der Waals surface area (Å²) in [7, 11) is 1.47. The van der Waals surface area contributed by atoms with E-state index in [1.165, 1.54) is 17.9 Å². The number of rotatable bonds is 4. The molecule has 1 aliphatic heterocycles. The molecule has 2 heterocycles. The van der Waals surface area contributed by atoms with Crippen LogP contribution in [0.5, 0.6) is 0 Å². The Bertz CT molecular complexity index is 796. The van der Waals surface area contributed by atoms with Crippen molar-refractivity contribution in [2.24, 2.45) is 0 Å². The molecule has 1 amide bonds. The van der Waals surface area contributed by atoms with Gasteiger partial charge in [0.25, 0.3) is 5.17 Å². The first-order valence-corrected chi connectivity index (χ1v) is 8.02. The molecule has 0 radical (unpaired) electrons. The van der Waals surface area contributed by atoms with Crippen molar-refractivity contribution in [3.05, 3.63) is 35.9 Å². The van der Waals surface area contributed by atoms with E-state index in [-0.39, 0.29) is 17.6 Å². The summed E-state index contributed by atoms with van der Waals surface area (Å²) >= 11 is 4.89. The molecule has 8 nitrogen and oxygen atoms in total. The summed E-state index contributed by atoms with van der Waals surface area (Å²) in [4.78, 5) is 13.2. The smallest absolute Gasteiger partial charge is 0.256 e. The molecule has 10 heteroatoms. The molecule has 0 aliphatic carbocycles. The maximum atomic E-state index is 14.5. The standard InChI is InChI=1S/C15H17FN6O2S/c1-24-15(25)18-7-10-8-22(20-19-10)11-2-3-13(12(16)6-11)21-5-4-17-14(23)9-21/h2-3,6,8H,4-5,7,9H2,1H3,(H,17,23)(H,18,25). The van der Waals surface area contributed by atoms with Gasteiger partial charge in [-0.25, -0.2) is 9.07 Å². The molecule has 0 atom stereocenters. The molecule has 3 rings (SSSR count). The van der Waals surface area contributed by atoms with Crippen LogP contribution in [0, 0.1) is 5.82 Å². The Labute approximate surface area is 148 Å². The fraction of sp³-hybridized carbons (Fsp3) is 0.333. The van der Waals surface area contributed by atoms with Gasteiger partial charge in [-0.2, -0.15) is 0 Å². The van der Waals surface area contributed by atoms with Crippen LogP contribution in [0.2, 0.25) is 0 Å². The number of carbonyl (C=O) groups is 1. The van der Waals surface area contributed by atoms with Gasteiger partial charge in [0.2, 0.25) is 5.91 Å². The molecule has 25 heavy (non-hydrogen) atoms. The van der Waals surface area contributed by atoms with Gasteiger partial charge in [0, 0.05) is 19.2 Å². The number of nitrogens with zero attached hydrogens (tertiary/aromatic N) is 4. The van der Waals surface area contributed by atoms with Crippen molar-refractivity contribution < 1.29 is 13.9 Å². The van der Waals surface area contributed by atoms with Gasteiger partial charge in [-0.3, -0.25) is 4.79 Å². The van der Waals surface area contributed by atoms with Gasteiger partial charge in [-0.1, -0.05) is 5.21 Å². The van der Waals surface area contributed by atoms with Crippen molar-refractivity contribution in [3.63, 3.8) is 0 Å². The van der Waals surface area contributed by atoms with E-state index in [9.17, 15) is 9.18 Å².